The van der Waals surface area contributed by atoms with Gasteiger partial charge < -0.3 is 10.2 Å². The second kappa shape index (κ2) is 5.28. The highest BCUT2D eigenvalue weighted by Gasteiger charge is 2.42. The van der Waals surface area contributed by atoms with Crippen LogP contribution in [0.2, 0.25) is 12.1 Å². The highest BCUT2D eigenvalue weighted by atomic mass is 28.4. The lowest BCUT2D eigenvalue weighted by Crippen LogP contribution is -2.57. The van der Waals surface area contributed by atoms with Gasteiger partial charge in [0.15, 0.2) is 0 Å². The molecule has 0 aromatic carbocycles. The standard InChI is InChI=1S/C11H25NOSi/c1-4-11(12)14(9-10(2)3)8-6-5-7-13-14/h10-11H,4-9,12H2,1-3H3. The van der Waals surface area contributed by atoms with Crippen LogP contribution in [0.25, 0.3) is 0 Å². The van der Waals surface area contributed by atoms with E-state index in [1.165, 1.54) is 24.9 Å². The van der Waals surface area contributed by atoms with Crippen molar-refractivity contribution in [3.8, 4) is 0 Å². The topological polar surface area (TPSA) is 35.2 Å². The molecule has 2 unspecified atom stereocenters. The van der Waals surface area contributed by atoms with Crippen LogP contribution in [-0.4, -0.2) is 20.6 Å². The van der Waals surface area contributed by atoms with Crippen LogP contribution in [-0.2, 0) is 4.43 Å². The van der Waals surface area contributed by atoms with Crippen LogP contribution >= 0.6 is 0 Å². The van der Waals surface area contributed by atoms with Gasteiger partial charge in [-0.15, -0.1) is 0 Å². The molecule has 1 rings (SSSR count). The minimum absolute atomic E-state index is 0.352. The molecule has 1 heterocycles. The van der Waals surface area contributed by atoms with Gasteiger partial charge in [0.1, 0.15) is 0 Å². The Balaban J connectivity index is 2.66. The van der Waals surface area contributed by atoms with Gasteiger partial charge in [0.2, 0.25) is 8.32 Å². The van der Waals surface area contributed by atoms with Crippen molar-refractivity contribution < 1.29 is 4.43 Å². The van der Waals surface area contributed by atoms with E-state index in [2.05, 4.69) is 20.8 Å². The van der Waals surface area contributed by atoms with E-state index in [1.807, 2.05) is 0 Å². The summed E-state index contributed by atoms with van der Waals surface area (Å²) >= 11 is 0. The molecule has 3 heteroatoms. The van der Waals surface area contributed by atoms with Crippen LogP contribution in [0.3, 0.4) is 0 Å². The van der Waals surface area contributed by atoms with Gasteiger partial charge in [-0.2, -0.15) is 0 Å². The fraction of sp³-hybridized carbons (Fsp3) is 1.00. The van der Waals surface area contributed by atoms with Crippen LogP contribution in [0.15, 0.2) is 0 Å². The molecule has 84 valence electrons. The van der Waals surface area contributed by atoms with Crippen molar-refractivity contribution in [2.75, 3.05) is 6.61 Å². The SMILES string of the molecule is CCC(N)[Si]1(CC(C)C)CCCCO1. The summed E-state index contributed by atoms with van der Waals surface area (Å²) in [4.78, 5) is 0. The van der Waals surface area contributed by atoms with Gasteiger partial charge in [0.05, 0.1) is 0 Å². The van der Waals surface area contributed by atoms with E-state index >= 15 is 0 Å². The van der Waals surface area contributed by atoms with E-state index in [0.29, 0.717) is 5.67 Å². The summed E-state index contributed by atoms with van der Waals surface area (Å²) in [6.45, 7) is 7.73. The van der Waals surface area contributed by atoms with Crippen LogP contribution in [0, 0.1) is 5.92 Å². The molecule has 2 nitrogen and oxygen atoms in total. The van der Waals surface area contributed by atoms with E-state index < -0.39 is 8.32 Å². The maximum Gasteiger partial charge on any atom is 0.209 e. The zero-order valence-electron chi connectivity index (χ0n) is 9.88. The lowest BCUT2D eigenvalue weighted by molar-refractivity contribution is 0.253. The lowest BCUT2D eigenvalue weighted by Gasteiger charge is -2.40. The summed E-state index contributed by atoms with van der Waals surface area (Å²) < 4.78 is 6.14. The molecule has 1 fully saturated rings. The van der Waals surface area contributed by atoms with E-state index in [4.69, 9.17) is 10.2 Å². The van der Waals surface area contributed by atoms with Crippen molar-refractivity contribution in [3.63, 3.8) is 0 Å². The Hall–Kier alpha value is 0.137. The molecule has 2 N–H and O–H groups in total. The third-order valence-corrected chi connectivity index (χ3v) is 8.50. The molecule has 1 saturated heterocycles. The first-order chi connectivity index (χ1) is 6.60. The van der Waals surface area contributed by atoms with Crippen molar-refractivity contribution in [2.24, 2.45) is 11.7 Å². The van der Waals surface area contributed by atoms with Gasteiger partial charge in [0.25, 0.3) is 0 Å². The Morgan fingerprint density at radius 2 is 2.07 bits per heavy atom. The Morgan fingerprint density at radius 1 is 1.36 bits per heavy atom. The quantitative estimate of drug-likeness (QED) is 0.732. The molecular formula is C11H25NOSi. The Morgan fingerprint density at radius 3 is 2.50 bits per heavy atom. The van der Waals surface area contributed by atoms with Gasteiger partial charge in [-0.25, -0.2) is 0 Å². The first-order valence-corrected chi connectivity index (χ1v) is 8.40. The minimum atomic E-state index is -1.57. The first-order valence-electron chi connectivity index (χ1n) is 6.00. The molecule has 0 saturated carbocycles. The predicted molar refractivity (Wildman–Crippen MR) is 63.7 cm³/mol. The zero-order valence-corrected chi connectivity index (χ0v) is 10.9. The first kappa shape index (κ1) is 12.2. The number of hydrogen-bond acceptors (Lipinski definition) is 2. The van der Waals surface area contributed by atoms with Gasteiger partial charge in [-0.1, -0.05) is 27.2 Å². The van der Waals surface area contributed by atoms with Gasteiger partial charge >= 0.3 is 0 Å². The average Bonchev–Trinajstić information content (AvgIpc) is 2.17. The number of rotatable bonds is 4. The maximum atomic E-state index is 6.27. The van der Waals surface area contributed by atoms with Crippen molar-refractivity contribution in [1.29, 1.82) is 0 Å². The third-order valence-electron chi connectivity index (χ3n) is 3.25. The molecule has 0 aliphatic carbocycles. The van der Waals surface area contributed by atoms with E-state index in [9.17, 15) is 0 Å². The van der Waals surface area contributed by atoms with Crippen molar-refractivity contribution in [1.82, 2.24) is 0 Å². The molecular weight excluding hydrogens is 190 g/mol. The summed E-state index contributed by atoms with van der Waals surface area (Å²) in [6, 6.07) is 2.54. The summed E-state index contributed by atoms with van der Waals surface area (Å²) in [5.41, 5.74) is 6.62. The molecule has 1 aliphatic heterocycles. The molecule has 1 aliphatic rings. The molecule has 0 radical (unpaired) electrons. The molecule has 0 aromatic rings. The van der Waals surface area contributed by atoms with Crippen LogP contribution in [0.4, 0.5) is 0 Å². The molecule has 14 heavy (non-hydrogen) atoms. The van der Waals surface area contributed by atoms with E-state index in [1.54, 1.807) is 0 Å². The average molecular weight is 215 g/mol. The number of nitrogens with two attached hydrogens (primary N) is 1. The molecule has 2 atom stereocenters. The number of hydrogen-bond donors (Lipinski definition) is 1. The van der Waals surface area contributed by atoms with Crippen LogP contribution in [0.5, 0.6) is 0 Å². The van der Waals surface area contributed by atoms with Crippen molar-refractivity contribution in [3.05, 3.63) is 0 Å². The fourth-order valence-electron chi connectivity index (χ4n) is 2.54. The van der Waals surface area contributed by atoms with E-state index in [-0.39, 0.29) is 0 Å². The maximum absolute atomic E-state index is 6.27. The van der Waals surface area contributed by atoms with Gasteiger partial charge in [0, 0.05) is 12.3 Å². The van der Waals surface area contributed by atoms with Gasteiger partial charge in [-0.05, 0) is 30.8 Å². The predicted octanol–water partition coefficient (Wildman–Crippen LogP) is 2.67. The van der Waals surface area contributed by atoms with E-state index in [0.717, 1.165) is 18.9 Å². The Labute approximate surface area is 89.3 Å². The second-order valence-electron chi connectivity index (χ2n) is 4.98. The highest BCUT2D eigenvalue weighted by Crippen LogP contribution is 2.31. The minimum Gasteiger partial charge on any atom is -0.415 e. The fourth-order valence-corrected chi connectivity index (χ4v) is 7.42. The van der Waals surface area contributed by atoms with Crippen molar-refractivity contribution >= 4 is 8.32 Å². The van der Waals surface area contributed by atoms with Gasteiger partial charge in [-0.3, -0.25) is 0 Å². The normalized spacial score (nSPS) is 30.6. The largest absolute Gasteiger partial charge is 0.415 e. The zero-order chi connectivity index (χ0) is 10.6. The molecule has 0 aromatic heterocycles. The monoisotopic (exact) mass is 215 g/mol. The summed E-state index contributed by atoms with van der Waals surface area (Å²) in [5.74, 6) is 0.734. The smallest absolute Gasteiger partial charge is 0.209 e. The van der Waals surface area contributed by atoms with Crippen molar-refractivity contribution in [2.45, 2.75) is 57.8 Å². The summed E-state index contributed by atoms with van der Waals surface area (Å²) in [5, 5.41) is 0. The Bertz CT molecular complexity index is 167. The van der Waals surface area contributed by atoms with Crippen LogP contribution in [0.1, 0.15) is 40.0 Å². The lowest BCUT2D eigenvalue weighted by atomic mass is 10.3. The molecule has 0 bridgehead atoms. The second-order valence-corrected chi connectivity index (χ2v) is 9.05. The van der Waals surface area contributed by atoms with Crippen LogP contribution < -0.4 is 5.73 Å². The molecule has 0 amide bonds. The Kier molecular flexibility index (Phi) is 4.61. The molecule has 0 spiro atoms. The summed E-state index contributed by atoms with van der Waals surface area (Å²) in [7, 11) is -1.57. The third kappa shape index (κ3) is 2.81. The summed E-state index contributed by atoms with van der Waals surface area (Å²) in [6.07, 6.45) is 3.66. The highest BCUT2D eigenvalue weighted by molar-refractivity contribution is 6.75.